The van der Waals surface area contributed by atoms with Gasteiger partial charge in [-0.25, -0.2) is 4.79 Å². The van der Waals surface area contributed by atoms with Gasteiger partial charge in [0.15, 0.2) is 12.6 Å². The molecule has 7 fully saturated rings. The Kier molecular flexibility index (Phi) is 10.8. The second-order valence-electron chi connectivity index (χ2n) is 18.9. The SMILES string of the molecule is CC1=C(C)C(=O)OC(C(C)C2CCC3C4C5OC5C5(O)CC(OC6OC(COC7OC(CO)C(O)C(O)C7O)C(O)C(O)C6O)CC(O)C5(C)C4CCC23C)C1. The summed E-state index contributed by atoms with van der Waals surface area (Å²) in [6, 6.07) is 0. The Morgan fingerprint density at radius 3 is 2.18 bits per heavy atom. The maximum Gasteiger partial charge on any atom is 0.333 e. The number of esters is 1. The summed E-state index contributed by atoms with van der Waals surface area (Å²) in [7, 11) is 0. The molecule has 56 heavy (non-hydrogen) atoms. The quantitative estimate of drug-likeness (QED) is 0.0812. The highest BCUT2D eigenvalue weighted by Gasteiger charge is 2.78. The van der Waals surface area contributed by atoms with Gasteiger partial charge in [-0.3, -0.25) is 0 Å². The van der Waals surface area contributed by atoms with E-state index in [1.54, 1.807) is 0 Å². The summed E-state index contributed by atoms with van der Waals surface area (Å²) in [5.74, 6) is 0.710. The van der Waals surface area contributed by atoms with Gasteiger partial charge in [-0.2, -0.15) is 0 Å². The van der Waals surface area contributed by atoms with E-state index < -0.39 is 104 Å². The summed E-state index contributed by atoms with van der Waals surface area (Å²) in [4.78, 5) is 12.7. The molecular weight excluding hydrogens is 736 g/mol. The molecule has 0 aromatic heterocycles. The molecule has 0 amide bonds. The molecule has 4 aliphatic heterocycles. The molecule has 0 radical (unpaired) electrons. The van der Waals surface area contributed by atoms with E-state index in [0.717, 1.165) is 37.7 Å². The number of cyclic esters (lactones) is 1. The minimum Gasteiger partial charge on any atom is -0.458 e. The second kappa shape index (κ2) is 14.7. The first-order valence-electron chi connectivity index (χ1n) is 20.6. The van der Waals surface area contributed by atoms with Gasteiger partial charge >= 0.3 is 5.97 Å². The van der Waals surface area contributed by atoms with Crippen molar-refractivity contribution in [3.05, 3.63) is 11.1 Å². The fraction of sp³-hybridized carbons (Fsp3) is 0.925. The average Bonchev–Trinajstić information content (AvgIpc) is 3.90. The van der Waals surface area contributed by atoms with Crippen molar-refractivity contribution >= 4 is 5.97 Å². The van der Waals surface area contributed by atoms with Crippen molar-refractivity contribution in [3.63, 3.8) is 0 Å². The normalized spacial score (nSPS) is 56.0. The van der Waals surface area contributed by atoms with Crippen LogP contribution >= 0.6 is 0 Å². The van der Waals surface area contributed by atoms with Gasteiger partial charge in [0.1, 0.15) is 66.6 Å². The smallest absolute Gasteiger partial charge is 0.333 e. The summed E-state index contributed by atoms with van der Waals surface area (Å²) >= 11 is 0. The minimum atomic E-state index is -1.74. The number of carbonyl (C=O) groups excluding carboxylic acids is 1. The standard InChI is InChI=1S/C40H62O16/c1-15-10-22(53-35(49)16(15)2)17(3)19-6-7-20-26-21(8-9-38(19,20)4)39(5)25(42)11-18(12-40(39,50)34-33(26)56-34)52-37-32(48)30(46)28(44)24(55-37)14-51-36-31(47)29(45)27(43)23(13-41)54-36/h17-34,36-37,41-48,50H,6-14H2,1-5H3. The van der Waals surface area contributed by atoms with Crippen molar-refractivity contribution in [1.82, 2.24) is 0 Å². The Bertz CT molecular complexity index is 1530. The molecule has 4 heterocycles. The summed E-state index contributed by atoms with van der Waals surface area (Å²) in [5, 5.41) is 97.3. The minimum absolute atomic E-state index is 0.0202. The summed E-state index contributed by atoms with van der Waals surface area (Å²) in [6.45, 7) is 9.24. The molecule has 9 N–H and O–H groups in total. The lowest BCUT2D eigenvalue weighted by atomic mass is 9.42. The zero-order valence-electron chi connectivity index (χ0n) is 32.8. The van der Waals surface area contributed by atoms with Gasteiger partial charge in [0.25, 0.3) is 0 Å². The fourth-order valence-electron chi connectivity index (χ4n) is 12.8. The number of fused-ring (bicyclic) bond motifs is 8. The first-order valence-corrected chi connectivity index (χ1v) is 20.6. The molecule has 16 heteroatoms. The first-order chi connectivity index (χ1) is 26.4. The lowest BCUT2D eigenvalue weighted by Gasteiger charge is -2.64. The Labute approximate surface area is 326 Å². The Morgan fingerprint density at radius 2 is 1.50 bits per heavy atom. The van der Waals surface area contributed by atoms with Crippen molar-refractivity contribution in [3.8, 4) is 0 Å². The van der Waals surface area contributed by atoms with Crippen LogP contribution in [0.5, 0.6) is 0 Å². The molecule has 23 atom stereocenters. The van der Waals surface area contributed by atoms with Crippen LogP contribution in [-0.2, 0) is 33.2 Å². The molecule has 8 aliphatic rings. The van der Waals surface area contributed by atoms with Gasteiger partial charge in [-0.15, -0.1) is 0 Å². The number of epoxide rings is 1. The van der Waals surface area contributed by atoms with Crippen LogP contribution in [-0.4, -0.2) is 163 Å². The third kappa shape index (κ3) is 6.19. The van der Waals surface area contributed by atoms with Gasteiger partial charge in [0, 0.05) is 30.3 Å². The third-order valence-electron chi connectivity index (χ3n) is 16.4. The van der Waals surface area contributed by atoms with E-state index in [4.69, 9.17) is 28.4 Å². The van der Waals surface area contributed by atoms with Crippen molar-refractivity contribution in [2.45, 2.75) is 177 Å². The van der Waals surface area contributed by atoms with Crippen LogP contribution in [0, 0.1) is 40.4 Å². The van der Waals surface area contributed by atoms with Crippen molar-refractivity contribution in [1.29, 1.82) is 0 Å². The predicted octanol–water partition coefficient (Wildman–Crippen LogP) is -0.984. The van der Waals surface area contributed by atoms with E-state index in [9.17, 15) is 50.8 Å². The number of hydrogen-bond donors (Lipinski definition) is 9. The van der Waals surface area contributed by atoms with Crippen LogP contribution in [0.2, 0.25) is 0 Å². The van der Waals surface area contributed by atoms with Crippen LogP contribution in [0.3, 0.4) is 0 Å². The van der Waals surface area contributed by atoms with Crippen molar-refractivity contribution in [2.24, 2.45) is 40.4 Å². The highest BCUT2D eigenvalue weighted by Crippen LogP contribution is 2.73. The maximum atomic E-state index is 12.7. The van der Waals surface area contributed by atoms with Gasteiger partial charge in [0.2, 0.25) is 0 Å². The number of aliphatic hydroxyl groups excluding tert-OH is 8. The number of ether oxygens (including phenoxy) is 6. The molecule has 0 spiro atoms. The molecule has 318 valence electrons. The van der Waals surface area contributed by atoms with Gasteiger partial charge in [-0.1, -0.05) is 26.3 Å². The summed E-state index contributed by atoms with van der Waals surface area (Å²) in [6.07, 6.45) is -13.8. The zero-order valence-corrected chi connectivity index (χ0v) is 32.8. The van der Waals surface area contributed by atoms with Crippen LogP contribution < -0.4 is 0 Å². The first kappa shape index (κ1) is 41.4. The van der Waals surface area contributed by atoms with Crippen LogP contribution in [0.25, 0.3) is 0 Å². The molecule has 16 nitrogen and oxygen atoms in total. The van der Waals surface area contributed by atoms with E-state index in [1.165, 1.54) is 0 Å². The van der Waals surface area contributed by atoms with E-state index in [0.29, 0.717) is 17.4 Å². The van der Waals surface area contributed by atoms with Crippen molar-refractivity contribution in [2.75, 3.05) is 13.2 Å². The van der Waals surface area contributed by atoms with Crippen molar-refractivity contribution < 1.29 is 79.2 Å². The third-order valence-corrected chi connectivity index (χ3v) is 16.4. The number of aliphatic hydroxyl groups is 9. The van der Waals surface area contributed by atoms with Crippen LogP contribution in [0.4, 0.5) is 0 Å². The topological polar surface area (TPSA) is 258 Å². The Balaban J connectivity index is 0.945. The fourth-order valence-corrected chi connectivity index (χ4v) is 12.8. The monoisotopic (exact) mass is 798 g/mol. The number of rotatable bonds is 8. The lowest BCUT2D eigenvalue weighted by molar-refractivity contribution is -0.344. The molecule has 23 unspecified atom stereocenters. The van der Waals surface area contributed by atoms with Gasteiger partial charge in [-0.05, 0) is 74.5 Å². The highest BCUT2D eigenvalue weighted by molar-refractivity contribution is 5.89. The largest absolute Gasteiger partial charge is 0.458 e. The zero-order chi connectivity index (χ0) is 40.4. The predicted molar refractivity (Wildman–Crippen MR) is 191 cm³/mol. The highest BCUT2D eigenvalue weighted by atomic mass is 16.7. The molecule has 0 bridgehead atoms. The molecular formula is C40H62O16. The van der Waals surface area contributed by atoms with E-state index in [1.807, 2.05) is 20.8 Å². The molecule has 0 aromatic rings. The Hall–Kier alpha value is -1.35. The summed E-state index contributed by atoms with van der Waals surface area (Å²) < 4.78 is 35.4. The second-order valence-corrected chi connectivity index (χ2v) is 18.9. The number of carbonyl (C=O) groups is 1. The van der Waals surface area contributed by atoms with Crippen LogP contribution in [0.1, 0.15) is 79.6 Å². The van der Waals surface area contributed by atoms with E-state index in [-0.39, 0.29) is 54.2 Å². The lowest BCUT2D eigenvalue weighted by Crippen LogP contribution is -2.71. The molecule has 4 saturated carbocycles. The number of hydrogen-bond acceptors (Lipinski definition) is 16. The van der Waals surface area contributed by atoms with E-state index >= 15 is 0 Å². The maximum absolute atomic E-state index is 12.7. The molecule has 8 rings (SSSR count). The Morgan fingerprint density at radius 1 is 0.839 bits per heavy atom. The molecule has 3 saturated heterocycles. The van der Waals surface area contributed by atoms with E-state index in [2.05, 4.69) is 13.8 Å². The molecule has 4 aliphatic carbocycles. The van der Waals surface area contributed by atoms with Crippen LogP contribution in [0.15, 0.2) is 11.1 Å². The average molecular weight is 799 g/mol. The van der Waals surface area contributed by atoms with Gasteiger partial charge < -0.3 is 74.4 Å². The van der Waals surface area contributed by atoms with Gasteiger partial charge in [0.05, 0.1) is 31.5 Å². The molecule has 0 aromatic carbocycles. The summed E-state index contributed by atoms with van der Waals surface area (Å²) in [5.41, 5.74) is -0.634.